The molecule has 188 valence electrons. The van der Waals surface area contributed by atoms with Crippen LogP contribution in [0.3, 0.4) is 0 Å². The fraction of sp³-hybridized carbons (Fsp3) is 0.379. The van der Waals surface area contributed by atoms with Gasteiger partial charge in [0.25, 0.3) is 0 Å². The Bertz CT molecular complexity index is 1250. The summed E-state index contributed by atoms with van der Waals surface area (Å²) in [6.45, 7) is 2.77. The van der Waals surface area contributed by atoms with Gasteiger partial charge in [0, 0.05) is 40.7 Å². The van der Waals surface area contributed by atoms with Crippen molar-refractivity contribution in [1.82, 2.24) is 14.8 Å². The number of hydrogen-bond acceptors (Lipinski definition) is 3. The van der Waals surface area contributed by atoms with Crippen LogP contribution in [0, 0.1) is 5.92 Å². The molecule has 2 aromatic carbocycles. The van der Waals surface area contributed by atoms with E-state index in [9.17, 15) is 14.7 Å². The Balaban J connectivity index is 1.17. The zero-order chi connectivity index (χ0) is 25.1. The number of aliphatic carboxylic acids is 1. The highest BCUT2D eigenvalue weighted by molar-refractivity contribution is 9.10. The number of benzene rings is 2. The van der Waals surface area contributed by atoms with Crippen LogP contribution in [0.25, 0.3) is 17.0 Å². The largest absolute Gasteiger partial charge is 0.480 e. The van der Waals surface area contributed by atoms with E-state index in [0.29, 0.717) is 19.0 Å². The van der Waals surface area contributed by atoms with Crippen molar-refractivity contribution in [2.24, 2.45) is 5.92 Å². The van der Waals surface area contributed by atoms with Gasteiger partial charge in [-0.25, -0.2) is 0 Å². The highest BCUT2D eigenvalue weighted by Crippen LogP contribution is 2.35. The number of carboxylic acids is 1. The predicted molar refractivity (Wildman–Crippen MR) is 146 cm³/mol. The Morgan fingerprint density at radius 1 is 1.00 bits per heavy atom. The number of nitrogens with zero attached hydrogens (tertiary/aromatic N) is 2. The number of carbonyl (C=O) groups is 2. The summed E-state index contributed by atoms with van der Waals surface area (Å²) in [6.07, 6.45) is 8.93. The molecule has 3 aromatic rings. The second kappa shape index (κ2) is 11.0. The molecule has 7 heteroatoms. The summed E-state index contributed by atoms with van der Waals surface area (Å²) in [7, 11) is 0. The Morgan fingerprint density at radius 3 is 2.47 bits per heavy atom. The van der Waals surface area contributed by atoms with Crippen LogP contribution in [-0.4, -0.2) is 64.0 Å². The number of aromatic amines is 1. The summed E-state index contributed by atoms with van der Waals surface area (Å²) in [6, 6.07) is 15.7. The van der Waals surface area contributed by atoms with Gasteiger partial charge in [0.15, 0.2) is 0 Å². The second-order valence-corrected chi connectivity index (χ2v) is 10.8. The number of amides is 1. The number of likely N-dealkylation sites (tertiary alicyclic amines) is 2. The fourth-order valence-corrected chi connectivity index (χ4v) is 6.31. The van der Waals surface area contributed by atoms with E-state index in [2.05, 4.69) is 50.2 Å². The van der Waals surface area contributed by atoms with Crippen molar-refractivity contribution >= 4 is 44.8 Å². The molecule has 0 aliphatic carbocycles. The molecule has 0 spiro atoms. The van der Waals surface area contributed by atoms with Crippen molar-refractivity contribution in [3.8, 4) is 0 Å². The van der Waals surface area contributed by atoms with Crippen LogP contribution in [0.4, 0.5) is 0 Å². The monoisotopic (exact) mass is 549 g/mol. The first-order valence-electron chi connectivity index (χ1n) is 12.7. The zero-order valence-corrected chi connectivity index (χ0v) is 21.9. The number of halogens is 1. The standard InChI is InChI=1S/C29H32BrN3O3/c30-23-5-3-4-20(18-23)8-9-27(34)32-14-12-22(13-15-32)28(29(35)36)33-16-10-21(11-17-33)25-19-31-26-7-2-1-6-24(25)26/h1-9,18-19,21-22,28,31H,10-17H2,(H,35,36). The van der Waals surface area contributed by atoms with E-state index < -0.39 is 12.0 Å². The fourth-order valence-electron chi connectivity index (χ4n) is 5.90. The van der Waals surface area contributed by atoms with E-state index in [1.165, 1.54) is 10.9 Å². The van der Waals surface area contributed by atoms with E-state index >= 15 is 0 Å². The van der Waals surface area contributed by atoms with Gasteiger partial charge in [-0.1, -0.05) is 46.3 Å². The summed E-state index contributed by atoms with van der Waals surface area (Å²) in [5, 5.41) is 11.4. The van der Waals surface area contributed by atoms with Gasteiger partial charge in [0.1, 0.15) is 6.04 Å². The molecule has 2 aliphatic heterocycles. The van der Waals surface area contributed by atoms with Crippen molar-refractivity contribution in [2.45, 2.75) is 37.6 Å². The van der Waals surface area contributed by atoms with E-state index in [4.69, 9.17) is 0 Å². The number of H-pyrrole nitrogens is 1. The predicted octanol–water partition coefficient (Wildman–Crippen LogP) is 5.52. The first kappa shape index (κ1) is 24.8. The minimum atomic E-state index is -0.736. The Labute approximate surface area is 220 Å². The summed E-state index contributed by atoms with van der Waals surface area (Å²) in [4.78, 5) is 32.4. The van der Waals surface area contributed by atoms with E-state index in [-0.39, 0.29) is 11.8 Å². The number of para-hydroxylation sites is 1. The SMILES string of the molecule is O=C(O)C(C1CCN(C(=O)C=Cc2cccc(Br)c2)CC1)N1CCC(c2c[nH]c3ccccc23)CC1. The van der Waals surface area contributed by atoms with Crippen LogP contribution in [0.5, 0.6) is 0 Å². The maximum absolute atomic E-state index is 12.7. The van der Waals surface area contributed by atoms with E-state index in [0.717, 1.165) is 54.3 Å². The normalized spacial score (nSPS) is 19.2. The first-order chi connectivity index (χ1) is 17.5. The average Bonchev–Trinajstić information content (AvgIpc) is 3.32. The lowest BCUT2D eigenvalue weighted by atomic mass is 9.84. The lowest BCUT2D eigenvalue weighted by Crippen LogP contribution is -2.52. The molecule has 1 amide bonds. The van der Waals surface area contributed by atoms with Gasteiger partial charge < -0.3 is 15.0 Å². The molecule has 0 bridgehead atoms. The number of fused-ring (bicyclic) bond motifs is 1. The molecule has 1 aromatic heterocycles. The summed E-state index contributed by atoms with van der Waals surface area (Å²) >= 11 is 3.45. The molecular formula is C29H32BrN3O3. The molecule has 2 saturated heterocycles. The number of piperidine rings is 2. The lowest BCUT2D eigenvalue weighted by molar-refractivity contribution is -0.147. The molecule has 2 aliphatic rings. The Kier molecular flexibility index (Phi) is 7.58. The van der Waals surface area contributed by atoms with Crippen molar-refractivity contribution in [3.05, 3.63) is 76.4 Å². The lowest BCUT2D eigenvalue weighted by Gasteiger charge is -2.41. The molecule has 0 saturated carbocycles. The number of rotatable bonds is 6. The maximum atomic E-state index is 12.7. The zero-order valence-electron chi connectivity index (χ0n) is 20.3. The Morgan fingerprint density at radius 2 is 1.75 bits per heavy atom. The van der Waals surface area contributed by atoms with Gasteiger partial charge in [-0.2, -0.15) is 0 Å². The molecule has 2 fully saturated rings. The topological polar surface area (TPSA) is 76.6 Å². The van der Waals surface area contributed by atoms with Gasteiger partial charge >= 0.3 is 5.97 Å². The molecule has 5 rings (SSSR count). The average molecular weight is 550 g/mol. The minimum Gasteiger partial charge on any atom is -0.480 e. The van der Waals surface area contributed by atoms with Crippen molar-refractivity contribution < 1.29 is 14.7 Å². The van der Waals surface area contributed by atoms with Gasteiger partial charge in [-0.15, -0.1) is 0 Å². The maximum Gasteiger partial charge on any atom is 0.321 e. The third-order valence-electron chi connectivity index (χ3n) is 7.80. The van der Waals surface area contributed by atoms with Crippen LogP contribution < -0.4 is 0 Å². The first-order valence-corrected chi connectivity index (χ1v) is 13.5. The van der Waals surface area contributed by atoms with Crippen LogP contribution in [0.15, 0.2) is 65.3 Å². The van der Waals surface area contributed by atoms with Crippen LogP contribution in [-0.2, 0) is 9.59 Å². The van der Waals surface area contributed by atoms with Gasteiger partial charge in [-0.05, 0) is 86.0 Å². The van der Waals surface area contributed by atoms with Gasteiger partial charge in [-0.3, -0.25) is 14.5 Å². The third kappa shape index (κ3) is 5.42. The van der Waals surface area contributed by atoms with Crippen molar-refractivity contribution in [1.29, 1.82) is 0 Å². The van der Waals surface area contributed by atoms with Crippen LogP contribution >= 0.6 is 15.9 Å². The molecule has 6 nitrogen and oxygen atoms in total. The van der Waals surface area contributed by atoms with Crippen molar-refractivity contribution in [3.63, 3.8) is 0 Å². The molecule has 3 heterocycles. The summed E-state index contributed by atoms with van der Waals surface area (Å²) in [5.41, 5.74) is 3.47. The summed E-state index contributed by atoms with van der Waals surface area (Å²) < 4.78 is 0.975. The van der Waals surface area contributed by atoms with Crippen molar-refractivity contribution in [2.75, 3.05) is 26.2 Å². The Hall–Kier alpha value is -2.90. The number of carbonyl (C=O) groups excluding carboxylic acids is 1. The minimum absolute atomic E-state index is 0.0140. The number of hydrogen-bond donors (Lipinski definition) is 2. The summed E-state index contributed by atoms with van der Waals surface area (Å²) in [5.74, 6) is -0.242. The number of aromatic nitrogens is 1. The molecule has 1 atom stereocenters. The number of nitrogens with one attached hydrogen (secondary N) is 1. The highest BCUT2D eigenvalue weighted by Gasteiger charge is 2.38. The smallest absolute Gasteiger partial charge is 0.321 e. The van der Waals surface area contributed by atoms with E-state index in [1.54, 1.807) is 6.08 Å². The second-order valence-electron chi connectivity index (χ2n) is 9.93. The highest BCUT2D eigenvalue weighted by atomic mass is 79.9. The van der Waals surface area contributed by atoms with Gasteiger partial charge in [0.05, 0.1) is 0 Å². The van der Waals surface area contributed by atoms with Gasteiger partial charge in [0.2, 0.25) is 5.91 Å². The molecule has 1 unspecified atom stereocenters. The van der Waals surface area contributed by atoms with Crippen LogP contribution in [0.2, 0.25) is 0 Å². The third-order valence-corrected chi connectivity index (χ3v) is 8.30. The number of carboxylic acid groups (broad SMARTS) is 1. The molecular weight excluding hydrogens is 518 g/mol. The molecule has 36 heavy (non-hydrogen) atoms. The van der Waals surface area contributed by atoms with Crippen LogP contribution in [0.1, 0.15) is 42.7 Å². The quantitative estimate of drug-likeness (QED) is 0.397. The van der Waals surface area contributed by atoms with E-state index in [1.807, 2.05) is 41.3 Å². The molecule has 0 radical (unpaired) electrons. The molecule has 2 N–H and O–H groups in total.